The Labute approximate surface area is 131 Å². The molecule has 2 rings (SSSR count). The first-order chi connectivity index (χ1) is 9.97. The van der Waals surface area contributed by atoms with Gasteiger partial charge in [0.15, 0.2) is 0 Å². The molecule has 0 spiro atoms. The predicted octanol–water partition coefficient (Wildman–Crippen LogP) is 3.77. The van der Waals surface area contributed by atoms with Crippen LogP contribution in [0.5, 0.6) is 0 Å². The molecule has 0 unspecified atom stereocenters. The molecule has 2 aromatic rings. The molecule has 2 heterocycles. The van der Waals surface area contributed by atoms with Gasteiger partial charge in [-0.3, -0.25) is 0 Å². The number of hydrogen-bond donors (Lipinski definition) is 1. The van der Waals surface area contributed by atoms with Crippen LogP contribution in [0.25, 0.3) is 0 Å². The summed E-state index contributed by atoms with van der Waals surface area (Å²) in [5, 5.41) is 4.03. The molecule has 1 N–H and O–H groups in total. The lowest BCUT2D eigenvalue weighted by Crippen LogP contribution is -2.22. The van der Waals surface area contributed by atoms with E-state index >= 15 is 0 Å². The molecule has 5 heteroatoms. The Kier molecular flexibility index (Phi) is 5.26. The molecule has 0 aliphatic rings. The van der Waals surface area contributed by atoms with Gasteiger partial charge in [-0.05, 0) is 24.6 Å². The van der Waals surface area contributed by atoms with Gasteiger partial charge in [0.2, 0.25) is 0 Å². The van der Waals surface area contributed by atoms with Crippen LogP contribution in [-0.4, -0.2) is 18.1 Å². The summed E-state index contributed by atoms with van der Waals surface area (Å²) in [6, 6.07) is 4.38. The van der Waals surface area contributed by atoms with E-state index in [1.807, 2.05) is 37.2 Å². The van der Waals surface area contributed by atoms with Gasteiger partial charge >= 0.3 is 0 Å². The number of halogens is 1. The minimum absolute atomic E-state index is 0.440. The number of furan rings is 1. The molecular formula is C16H22ClN3O. The number of hydrogen-bond acceptors (Lipinski definition) is 4. The van der Waals surface area contributed by atoms with Crippen LogP contribution in [0.4, 0.5) is 5.82 Å². The van der Waals surface area contributed by atoms with Crippen LogP contribution in [0.2, 0.25) is 5.02 Å². The molecule has 2 aromatic heterocycles. The molecule has 0 fully saturated rings. The third-order valence-corrected chi connectivity index (χ3v) is 3.61. The van der Waals surface area contributed by atoms with Crippen LogP contribution >= 0.6 is 11.6 Å². The number of nitrogens with one attached hydrogen (secondary N) is 1. The molecule has 4 nitrogen and oxygen atoms in total. The van der Waals surface area contributed by atoms with Crippen LogP contribution in [-0.2, 0) is 13.1 Å². The zero-order chi connectivity index (χ0) is 15.4. The van der Waals surface area contributed by atoms with Gasteiger partial charge in [0.05, 0.1) is 11.3 Å². The van der Waals surface area contributed by atoms with Crippen molar-refractivity contribution in [2.45, 2.75) is 39.9 Å². The second kappa shape index (κ2) is 6.96. The van der Waals surface area contributed by atoms with E-state index in [1.165, 1.54) is 0 Å². The van der Waals surface area contributed by atoms with Crippen molar-refractivity contribution in [1.82, 2.24) is 10.3 Å². The summed E-state index contributed by atoms with van der Waals surface area (Å²) >= 11 is 6.36. The lowest BCUT2D eigenvalue weighted by atomic mass is 10.2. The van der Waals surface area contributed by atoms with Crippen LogP contribution in [0, 0.1) is 6.92 Å². The first kappa shape index (κ1) is 15.9. The summed E-state index contributed by atoms with van der Waals surface area (Å²) in [7, 11) is 1.98. The first-order valence-electron chi connectivity index (χ1n) is 7.09. The highest BCUT2D eigenvalue weighted by atomic mass is 35.5. The van der Waals surface area contributed by atoms with E-state index in [0.29, 0.717) is 11.1 Å². The maximum absolute atomic E-state index is 6.36. The normalized spacial score (nSPS) is 11.1. The van der Waals surface area contributed by atoms with Crippen molar-refractivity contribution in [2.75, 3.05) is 11.9 Å². The third kappa shape index (κ3) is 4.22. The zero-order valence-electron chi connectivity index (χ0n) is 13.0. The fraction of sp³-hybridized carbons (Fsp3) is 0.438. The molecule has 0 bridgehead atoms. The van der Waals surface area contributed by atoms with Gasteiger partial charge < -0.3 is 14.6 Å². The van der Waals surface area contributed by atoms with Gasteiger partial charge in [0.1, 0.15) is 11.6 Å². The number of rotatable bonds is 6. The van der Waals surface area contributed by atoms with Gasteiger partial charge in [-0.15, -0.1) is 0 Å². The van der Waals surface area contributed by atoms with Crippen molar-refractivity contribution in [3.8, 4) is 0 Å². The highest BCUT2D eigenvalue weighted by Gasteiger charge is 2.11. The number of nitrogens with zero attached hydrogens (tertiary/aromatic N) is 2. The number of aryl methyl sites for hydroxylation is 1. The van der Waals surface area contributed by atoms with E-state index in [4.69, 9.17) is 16.0 Å². The molecule has 21 heavy (non-hydrogen) atoms. The van der Waals surface area contributed by atoms with E-state index in [1.54, 1.807) is 6.26 Å². The first-order valence-corrected chi connectivity index (χ1v) is 7.47. The summed E-state index contributed by atoms with van der Waals surface area (Å²) < 4.78 is 5.32. The molecule has 0 saturated carbocycles. The van der Waals surface area contributed by atoms with Crippen LogP contribution in [0.3, 0.4) is 0 Å². The minimum Gasteiger partial charge on any atom is -0.469 e. The largest absolute Gasteiger partial charge is 0.469 e. The van der Waals surface area contributed by atoms with Crippen molar-refractivity contribution in [3.63, 3.8) is 0 Å². The summed E-state index contributed by atoms with van der Waals surface area (Å²) in [6.07, 6.45) is 3.57. The molecule has 0 atom stereocenters. The highest BCUT2D eigenvalue weighted by molar-refractivity contribution is 6.33. The smallest absolute Gasteiger partial charge is 0.147 e. The Morgan fingerprint density at radius 3 is 2.76 bits per heavy atom. The monoisotopic (exact) mass is 307 g/mol. The number of anilines is 1. The summed E-state index contributed by atoms with van der Waals surface area (Å²) in [4.78, 5) is 6.52. The minimum atomic E-state index is 0.440. The van der Waals surface area contributed by atoms with Crippen LogP contribution in [0.15, 0.2) is 29.0 Å². The Hall–Kier alpha value is -1.52. The standard InChI is InChI=1S/C16H22ClN3O/c1-11(2)18-8-13-7-15(17)16(19-9-13)20(4)10-14-5-6-21-12(14)3/h5-7,9,11,18H,8,10H2,1-4H3. The molecule has 0 aliphatic heterocycles. The molecule has 0 aromatic carbocycles. The highest BCUT2D eigenvalue weighted by Crippen LogP contribution is 2.25. The SMILES string of the molecule is Cc1occc1CN(C)c1ncc(CNC(C)C)cc1Cl. The second-order valence-corrected chi connectivity index (χ2v) is 5.95. The van der Waals surface area contributed by atoms with Crippen molar-refractivity contribution in [3.05, 3.63) is 46.5 Å². The lowest BCUT2D eigenvalue weighted by molar-refractivity contribution is 0.529. The van der Waals surface area contributed by atoms with Gasteiger partial charge in [-0.2, -0.15) is 0 Å². The zero-order valence-corrected chi connectivity index (χ0v) is 13.7. The van der Waals surface area contributed by atoms with Crippen molar-refractivity contribution in [1.29, 1.82) is 0 Å². The van der Waals surface area contributed by atoms with Crippen LogP contribution in [0.1, 0.15) is 30.7 Å². The summed E-state index contributed by atoms with van der Waals surface area (Å²) in [5.41, 5.74) is 2.23. The Morgan fingerprint density at radius 1 is 1.43 bits per heavy atom. The van der Waals surface area contributed by atoms with Crippen molar-refractivity contribution < 1.29 is 4.42 Å². The van der Waals surface area contributed by atoms with E-state index in [0.717, 1.165) is 35.8 Å². The average molecular weight is 308 g/mol. The summed E-state index contributed by atoms with van der Waals surface area (Å²) in [6.45, 7) is 7.68. The van der Waals surface area contributed by atoms with E-state index in [2.05, 4.69) is 24.1 Å². The Bertz CT molecular complexity index is 595. The van der Waals surface area contributed by atoms with Gasteiger partial charge in [-0.25, -0.2) is 4.98 Å². The number of aromatic nitrogens is 1. The predicted molar refractivity (Wildman–Crippen MR) is 86.8 cm³/mol. The molecule has 0 radical (unpaired) electrons. The van der Waals surface area contributed by atoms with E-state index in [-0.39, 0.29) is 0 Å². The quantitative estimate of drug-likeness (QED) is 0.882. The maximum Gasteiger partial charge on any atom is 0.147 e. The second-order valence-electron chi connectivity index (χ2n) is 5.54. The lowest BCUT2D eigenvalue weighted by Gasteiger charge is -2.19. The molecule has 0 saturated heterocycles. The number of pyridine rings is 1. The molecule has 0 aliphatic carbocycles. The molecule has 114 valence electrons. The van der Waals surface area contributed by atoms with Crippen LogP contribution < -0.4 is 10.2 Å². The molecule has 0 amide bonds. The van der Waals surface area contributed by atoms with E-state index in [9.17, 15) is 0 Å². The topological polar surface area (TPSA) is 41.3 Å². The Balaban J connectivity index is 2.07. The average Bonchev–Trinajstić information content (AvgIpc) is 2.82. The third-order valence-electron chi connectivity index (χ3n) is 3.33. The van der Waals surface area contributed by atoms with Gasteiger partial charge in [-0.1, -0.05) is 25.4 Å². The van der Waals surface area contributed by atoms with Crippen molar-refractivity contribution in [2.24, 2.45) is 0 Å². The van der Waals surface area contributed by atoms with Gasteiger partial charge in [0, 0.05) is 37.9 Å². The van der Waals surface area contributed by atoms with Gasteiger partial charge in [0.25, 0.3) is 0 Å². The Morgan fingerprint density at radius 2 is 2.19 bits per heavy atom. The summed E-state index contributed by atoms with van der Waals surface area (Å²) in [5.74, 6) is 1.71. The molecular weight excluding hydrogens is 286 g/mol. The maximum atomic E-state index is 6.36. The van der Waals surface area contributed by atoms with E-state index < -0.39 is 0 Å². The fourth-order valence-corrected chi connectivity index (χ4v) is 2.41. The fourth-order valence-electron chi connectivity index (χ4n) is 2.08. The van der Waals surface area contributed by atoms with Crippen molar-refractivity contribution >= 4 is 17.4 Å².